The Morgan fingerprint density at radius 1 is 1.18 bits per heavy atom. The number of aryl methyl sites for hydroxylation is 1. The number of benzene rings is 2. The summed E-state index contributed by atoms with van der Waals surface area (Å²) < 4.78 is 7.70. The van der Waals surface area contributed by atoms with E-state index in [1.165, 1.54) is 28.7 Å². The van der Waals surface area contributed by atoms with Crippen LogP contribution in [0.2, 0.25) is 5.02 Å². The third kappa shape index (κ3) is 5.93. The van der Waals surface area contributed by atoms with Crippen LogP contribution in [0.25, 0.3) is 11.3 Å². The molecule has 0 aliphatic heterocycles. The van der Waals surface area contributed by atoms with Crippen LogP contribution < -0.4 is 10.1 Å². The molecule has 33 heavy (non-hydrogen) atoms. The molecule has 0 spiro atoms. The van der Waals surface area contributed by atoms with E-state index in [0.717, 1.165) is 11.3 Å². The van der Waals surface area contributed by atoms with Crippen LogP contribution in [0, 0.1) is 6.92 Å². The van der Waals surface area contributed by atoms with E-state index in [4.69, 9.17) is 16.3 Å². The average molecular weight is 500 g/mol. The van der Waals surface area contributed by atoms with E-state index >= 15 is 0 Å². The van der Waals surface area contributed by atoms with Gasteiger partial charge in [0.2, 0.25) is 5.91 Å². The highest BCUT2D eigenvalue weighted by atomic mass is 35.5. The quantitative estimate of drug-likeness (QED) is 0.298. The molecule has 4 aromatic rings. The van der Waals surface area contributed by atoms with Crippen LogP contribution in [0.4, 0.5) is 5.13 Å². The molecule has 0 atom stereocenters. The first-order valence-electron chi connectivity index (χ1n) is 10.3. The predicted molar refractivity (Wildman–Crippen MR) is 133 cm³/mol. The number of hydrogen-bond acceptors (Lipinski definition) is 7. The second kappa shape index (κ2) is 10.8. The van der Waals surface area contributed by atoms with E-state index in [-0.39, 0.29) is 18.3 Å². The third-order valence-corrected chi connectivity index (χ3v) is 6.77. The van der Waals surface area contributed by atoms with Crippen molar-refractivity contribution in [3.63, 3.8) is 0 Å². The van der Waals surface area contributed by atoms with Gasteiger partial charge < -0.3 is 14.6 Å². The molecule has 10 heteroatoms. The maximum absolute atomic E-state index is 12.5. The van der Waals surface area contributed by atoms with Gasteiger partial charge in [0.15, 0.2) is 16.1 Å². The zero-order valence-electron chi connectivity index (χ0n) is 18.1. The van der Waals surface area contributed by atoms with Crippen molar-refractivity contribution in [3.8, 4) is 17.0 Å². The van der Waals surface area contributed by atoms with Crippen LogP contribution in [0.5, 0.6) is 5.75 Å². The number of ether oxygens (including phenoxy) is 1. The van der Waals surface area contributed by atoms with Crippen LogP contribution in [-0.2, 0) is 17.9 Å². The van der Waals surface area contributed by atoms with E-state index in [1.54, 1.807) is 12.1 Å². The number of anilines is 1. The van der Waals surface area contributed by atoms with Gasteiger partial charge in [0.1, 0.15) is 12.4 Å². The standard InChI is InChI=1S/C23H22ClN5O2S2/c1-3-29-20(12-31-19-7-5-4-6-17(19)24)27-28-23(29)33-14-21(30)26-22-25-18(13-32-22)16-10-8-15(2)9-11-16/h4-11,13H,3,12,14H2,1-2H3,(H,25,26,30). The predicted octanol–water partition coefficient (Wildman–Crippen LogP) is 5.69. The molecule has 0 unspecified atom stereocenters. The Bertz CT molecular complexity index is 1240. The molecular formula is C23H22ClN5O2S2. The van der Waals surface area contributed by atoms with E-state index in [9.17, 15) is 4.79 Å². The molecule has 0 bridgehead atoms. The van der Waals surface area contributed by atoms with Crippen LogP contribution in [0.15, 0.2) is 59.1 Å². The van der Waals surface area contributed by atoms with E-state index < -0.39 is 0 Å². The Morgan fingerprint density at radius 2 is 1.97 bits per heavy atom. The van der Waals surface area contributed by atoms with Gasteiger partial charge in [0.25, 0.3) is 0 Å². The fraction of sp³-hybridized carbons (Fsp3) is 0.217. The van der Waals surface area contributed by atoms with Crippen molar-refractivity contribution in [3.05, 3.63) is 70.3 Å². The van der Waals surface area contributed by atoms with Crippen LogP contribution >= 0.6 is 34.7 Å². The molecule has 0 aliphatic carbocycles. The summed E-state index contributed by atoms with van der Waals surface area (Å²) in [5, 5.41) is 15.0. The SMILES string of the molecule is CCn1c(COc2ccccc2Cl)nnc1SCC(=O)Nc1nc(-c2ccc(C)cc2)cs1. The summed E-state index contributed by atoms with van der Waals surface area (Å²) in [5.41, 5.74) is 3.06. The van der Waals surface area contributed by atoms with E-state index in [1.807, 2.05) is 60.2 Å². The third-order valence-electron chi connectivity index (χ3n) is 4.73. The minimum atomic E-state index is -0.149. The molecule has 1 N–H and O–H groups in total. The fourth-order valence-corrected chi connectivity index (χ4v) is 4.78. The molecule has 2 aromatic carbocycles. The molecule has 1 amide bonds. The molecule has 2 heterocycles. The molecule has 0 radical (unpaired) electrons. The normalized spacial score (nSPS) is 10.9. The van der Waals surface area contributed by atoms with Crippen molar-refractivity contribution in [2.75, 3.05) is 11.1 Å². The lowest BCUT2D eigenvalue weighted by Gasteiger charge is -2.09. The van der Waals surface area contributed by atoms with Crippen molar-refractivity contribution in [1.82, 2.24) is 19.7 Å². The maximum Gasteiger partial charge on any atom is 0.236 e. The van der Waals surface area contributed by atoms with Gasteiger partial charge in [0, 0.05) is 17.5 Å². The van der Waals surface area contributed by atoms with Crippen molar-refractivity contribution in [1.29, 1.82) is 0 Å². The second-order valence-corrected chi connectivity index (χ2v) is 9.31. The molecule has 0 saturated heterocycles. The highest BCUT2D eigenvalue weighted by Gasteiger charge is 2.15. The number of para-hydroxylation sites is 1. The summed E-state index contributed by atoms with van der Waals surface area (Å²) in [7, 11) is 0. The smallest absolute Gasteiger partial charge is 0.236 e. The Morgan fingerprint density at radius 3 is 2.73 bits per heavy atom. The Labute approximate surface area is 205 Å². The van der Waals surface area contributed by atoms with Gasteiger partial charge >= 0.3 is 0 Å². The maximum atomic E-state index is 12.5. The van der Waals surface area contributed by atoms with Crippen molar-refractivity contribution in [2.24, 2.45) is 0 Å². The fourth-order valence-electron chi connectivity index (χ4n) is 3.03. The van der Waals surface area contributed by atoms with Crippen LogP contribution in [0.3, 0.4) is 0 Å². The van der Waals surface area contributed by atoms with Gasteiger partial charge in [-0.3, -0.25) is 4.79 Å². The van der Waals surface area contributed by atoms with Gasteiger partial charge in [-0.05, 0) is 26.0 Å². The zero-order chi connectivity index (χ0) is 23.2. The molecule has 2 aromatic heterocycles. The van der Waals surface area contributed by atoms with Crippen molar-refractivity contribution in [2.45, 2.75) is 32.2 Å². The number of nitrogens with one attached hydrogen (secondary N) is 1. The summed E-state index contributed by atoms with van der Waals surface area (Å²) in [6.07, 6.45) is 0. The number of carbonyl (C=O) groups is 1. The number of nitrogens with zero attached hydrogens (tertiary/aromatic N) is 4. The topological polar surface area (TPSA) is 81.9 Å². The number of hydrogen-bond donors (Lipinski definition) is 1. The zero-order valence-corrected chi connectivity index (χ0v) is 20.5. The molecule has 0 aliphatic rings. The molecule has 4 rings (SSSR count). The van der Waals surface area contributed by atoms with Gasteiger partial charge in [0.05, 0.1) is 16.5 Å². The number of carbonyl (C=O) groups excluding carboxylic acids is 1. The Balaban J connectivity index is 1.33. The lowest BCUT2D eigenvalue weighted by atomic mass is 10.1. The highest BCUT2D eigenvalue weighted by Crippen LogP contribution is 2.26. The summed E-state index contributed by atoms with van der Waals surface area (Å²) in [5.74, 6) is 1.31. The van der Waals surface area contributed by atoms with Crippen LogP contribution in [-0.4, -0.2) is 31.4 Å². The highest BCUT2D eigenvalue weighted by molar-refractivity contribution is 7.99. The number of thiazole rings is 1. The number of rotatable bonds is 9. The van der Waals surface area contributed by atoms with Gasteiger partial charge in [-0.25, -0.2) is 4.98 Å². The number of thioether (sulfide) groups is 1. The summed E-state index contributed by atoms with van der Waals surface area (Å²) in [6.45, 7) is 4.93. The van der Waals surface area contributed by atoms with Crippen molar-refractivity contribution < 1.29 is 9.53 Å². The van der Waals surface area contributed by atoms with Gasteiger partial charge in [-0.15, -0.1) is 21.5 Å². The molecule has 170 valence electrons. The van der Waals surface area contributed by atoms with Crippen molar-refractivity contribution >= 4 is 45.7 Å². The molecule has 0 saturated carbocycles. The second-order valence-electron chi connectivity index (χ2n) is 7.10. The largest absolute Gasteiger partial charge is 0.484 e. The first-order chi connectivity index (χ1) is 16.0. The van der Waals surface area contributed by atoms with E-state index in [2.05, 4.69) is 20.5 Å². The van der Waals surface area contributed by atoms with E-state index in [0.29, 0.717) is 33.4 Å². The summed E-state index contributed by atoms with van der Waals surface area (Å²) >= 11 is 8.87. The van der Waals surface area contributed by atoms with Gasteiger partial charge in [-0.2, -0.15) is 0 Å². The number of aromatic nitrogens is 4. The first kappa shape index (κ1) is 23.3. The monoisotopic (exact) mass is 499 g/mol. The summed E-state index contributed by atoms with van der Waals surface area (Å²) in [4.78, 5) is 17.0. The molecular weight excluding hydrogens is 478 g/mol. The lowest BCUT2D eigenvalue weighted by molar-refractivity contribution is -0.113. The Kier molecular flexibility index (Phi) is 7.64. The number of amides is 1. The average Bonchev–Trinajstić information content (AvgIpc) is 3.44. The van der Waals surface area contributed by atoms with Crippen LogP contribution in [0.1, 0.15) is 18.3 Å². The molecule has 0 fully saturated rings. The van der Waals surface area contributed by atoms with Gasteiger partial charge in [-0.1, -0.05) is 65.3 Å². The first-order valence-corrected chi connectivity index (χ1v) is 12.5. The summed E-state index contributed by atoms with van der Waals surface area (Å²) in [6, 6.07) is 15.4. The number of halogens is 1. The minimum absolute atomic E-state index is 0.149. The molecule has 7 nitrogen and oxygen atoms in total. The lowest BCUT2D eigenvalue weighted by Crippen LogP contribution is -2.14. The minimum Gasteiger partial charge on any atom is -0.484 e. The Hall–Kier alpha value is -2.88.